The van der Waals surface area contributed by atoms with Crippen molar-refractivity contribution in [1.29, 1.82) is 0 Å². The van der Waals surface area contributed by atoms with Gasteiger partial charge in [-0.05, 0) is 30.0 Å². The van der Waals surface area contributed by atoms with Crippen LogP contribution in [0.15, 0.2) is 24.3 Å². The number of nitrogens with two attached hydrogens (primary N) is 1. The Morgan fingerprint density at radius 3 is 2.74 bits per heavy atom. The van der Waals surface area contributed by atoms with Gasteiger partial charge in [-0.1, -0.05) is 12.1 Å². The average molecular weight is 372 g/mol. The number of fused-ring (bicyclic) bond motifs is 1. The smallest absolute Gasteiger partial charge is 0.414 e. The topological polar surface area (TPSA) is 105 Å². The van der Waals surface area contributed by atoms with Crippen LogP contribution in [0, 0.1) is 5.92 Å². The Morgan fingerprint density at radius 2 is 2.07 bits per heavy atom. The summed E-state index contributed by atoms with van der Waals surface area (Å²) in [5.74, 6) is 0.350. The molecule has 3 unspecified atom stereocenters. The van der Waals surface area contributed by atoms with E-state index in [1.54, 1.807) is 4.90 Å². The monoisotopic (exact) mass is 372 g/mol. The van der Waals surface area contributed by atoms with E-state index in [9.17, 15) is 14.4 Å². The van der Waals surface area contributed by atoms with Gasteiger partial charge in [0.1, 0.15) is 6.61 Å². The van der Waals surface area contributed by atoms with E-state index in [4.69, 9.17) is 10.5 Å². The largest absolute Gasteiger partial charge is 0.447 e. The van der Waals surface area contributed by atoms with Crippen molar-refractivity contribution < 1.29 is 19.1 Å². The molecule has 144 valence electrons. The number of benzene rings is 1. The van der Waals surface area contributed by atoms with Crippen LogP contribution >= 0.6 is 0 Å². The highest BCUT2D eigenvalue weighted by molar-refractivity contribution is 5.90. The second-order valence-electron chi connectivity index (χ2n) is 7.62. The summed E-state index contributed by atoms with van der Waals surface area (Å²) in [7, 11) is 0. The summed E-state index contributed by atoms with van der Waals surface area (Å²) in [5, 5.41) is 2.74. The van der Waals surface area contributed by atoms with Crippen molar-refractivity contribution in [3.8, 4) is 0 Å². The SMILES string of the molecule is CC(=O)NCC1COC(=O)N1c1ccc(C23CC2CN(C(=O)CN)C3)cc1. The van der Waals surface area contributed by atoms with E-state index in [0.717, 1.165) is 18.7 Å². The number of rotatable bonds is 5. The molecule has 4 rings (SSSR count). The van der Waals surface area contributed by atoms with E-state index in [1.807, 2.05) is 29.2 Å². The fourth-order valence-electron chi connectivity index (χ4n) is 4.39. The third-order valence-electron chi connectivity index (χ3n) is 5.94. The second kappa shape index (κ2) is 6.53. The molecule has 27 heavy (non-hydrogen) atoms. The van der Waals surface area contributed by atoms with Gasteiger partial charge in [0.15, 0.2) is 0 Å². The highest BCUT2D eigenvalue weighted by Gasteiger charge is 2.61. The Labute approximate surface area is 157 Å². The first-order chi connectivity index (χ1) is 12.9. The number of anilines is 1. The number of likely N-dealkylation sites (tertiary alicyclic amines) is 1. The summed E-state index contributed by atoms with van der Waals surface area (Å²) in [6, 6.07) is 7.68. The molecular weight excluding hydrogens is 348 g/mol. The lowest BCUT2D eigenvalue weighted by atomic mass is 9.94. The minimum absolute atomic E-state index is 0.00109. The summed E-state index contributed by atoms with van der Waals surface area (Å²) in [4.78, 5) is 38.6. The van der Waals surface area contributed by atoms with Crippen molar-refractivity contribution in [2.24, 2.45) is 11.7 Å². The molecule has 0 spiro atoms. The van der Waals surface area contributed by atoms with E-state index >= 15 is 0 Å². The number of carbonyl (C=O) groups excluding carboxylic acids is 3. The number of nitrogens with zero attached hydrogens (tertiary/aromatic N) is 2. The number of carbonyl (C=O) groups is 3. The summed E-state index contributed by atoms with van der Waals surface area (Å²) in [6.07, 6.45) is 0.679. The number of hydrogen-bond acceptors (Lipinski definition) is 5. The first-order valence-electron chi connectivity index (χ1n) is 9.23. The van der Waals surface area contributed by atoms with Gasteiger partial charge >= 0.3 is 6.09 Å². The molecule has 1 saturated carbocycles. The first kappa shape index (κ1) is 17.8. The maximum absolute atomic E-state index is 12.1. The number of amides is 3. The van der Waals surface area contributed by atoms with Gasteiger partial charge in [-0.15, -0.1) is 0 Å². The van der Waals surface area contributed by atoms with Crippen molar-refractivity contribution in [1.82, 2.24) is 10.2 Å². The Hall–Kier alpha value is -2.61. The normalized spacial score (nSPS) is 28.7. The zero-order valence-corrected chi connectivity index (χ0v) is 15.3. The van der Waals surface area contributed by atoms with Gasteiger partial charge in [-0.2, -0.15) is 0 Å². The number of nitrogens with one attached hydrogen (secondary N) is 1. The maximum Gasteiger partial charge on any atom is 0.414 e. The van der Waals surface area contributed by atoms with Crippen LogP contribution in [0.1, 0.15) is 18.9 Å². The number of piperidine rings is 1. The fourth-order valence-corrected chi connectivity index (χ4v) is 4.39. The van der Waals surface area contributed by atoms with Crippen LogP contribution in [-0.2, 0) is 19.7 Å². The molecule has 3 N–H and O–H groups in total. The molecule has 3 fully saturated rings. The number of hydrogen-bond donors (Lipinski definition) is 2. The van der Waals surface area contributed by atoms with Crippen LogP contribution in [0.2, 0.25) is 0 Å². The van der Waals surface area contributed by atoms with E-state index in [2.05, 4.69) is 5.32 Å². The predicted molar refractivity (Wildman–Crippen MR) is 98.2 cm³/mol. The van der Waals surface area contributed by atoms with Crippen molar-refractivity contribution in [3.05, 3.63) is 29.8 Å². The molecule has 8 nitrogen and oxygen atoms in total. The lowest BCUT2D eigenvalue weighted by Crippen LogP contribution is -2.42. The molecule has 2 saturated heterocycles. The van der Waals surface area contributed by atoms with E-state index in [1.165, 1.54) is 12.5 Å². The first-order valence-corrected chi connectivity index (χ1v) is 9.23. The predicted octanol–water partition coefficient (Wildman–Crippen LogP) is 0.207. The van der Waals surface area contributed by atoms with Crippen molar-refractivity contribution >= 4 is 23.6 Å². The van der Waals surface area contributed by atoms with Gasteiger partial charge in [0.05, 0.1) is 12.6 Å². The standard InChI is InChI=1S/C19H24N4O4/c1-12(24)21-8-16-10-27-18(26)23(16)15-4-2-13(3-5-15)19-6-14(19)9-22(11-19)17(25)7-20/h2-5,14,16H,6-11,20H2,1H3,(H,21,24). The maximum atomic E-state index is 12.1. The van der Waals surface area contributed by atoms with Gasteiger partial charge in [-0.25, -0.2) is 4.79 Å². The van der Waals surface area contributed by atoms with Crippen molar-refractivity contribution in [2.45, 2.75) is 24.8 Å². The molecule has 3 amide bonds. The van der Waals surface area contributed by atoms with Gasteiger partial charge in [0.25, 0.3) is 0 Å². The van der Waals surface area contributed by atoms with Crippen LogP contribution in [0.4, 0.5) is 10.5 Å². The van der Waals surface area contributed by atoms with Crippen LogP contribution in [0.25, 0.3) is 0 Å². The molecule has 0 radical (unpaired) electrons. The summed E-state index contributed by atoms with van der Waals surface area (Å²) in [6.45, 7) is 3.59. The molecule has 3 aliphatic rings. The van der Waals surface area contributed by atoms with Crippen molar-refractivity contribution in [3.63, 3.8) is 0 Å². The molecule has 1 aromatic rings. The highest BCUT2D eigenvalue weighted by atomic mass is 16.6. The van der Waals surface area contributed by atoms with E-state index < -0.39 is 6.09 Å². The third-order valence-corrected chi connectivity index (χ3v) is 5.94. The Bertz CT molecular complexity index is 780. The molecule has 8 heteroatoms. The fraction of sp³-hybridized carbons (Fsp3) is 0.526. The number of cyclic esters (lactones) is 1. The van der Waals surface area contributed by atoms with Crippen LogP contribution in [0.5, 0.6) is 0 Å². The van der Waals surface area contributed by atoms with Crippen LogP contribution < -0.4 is 16.0 Å². The molecule has 2 heterocycles. The third kappa shape index (κ3) is 3.03. The lowest BCUT2D eigenvalue weighted by molar-refractivity contribution is -0.129. The summed E-state index contributed by atoms with van der Waals surface area (Å²) in [5.41, 5.74) is 7.46. The van der Waals surface area contributed by atoms with Gasteiger partial charge in [0, 0.05) is 37.7 Å². The Morgan fingerprint density at radius 1 is 1.33 bits per heavy atom. The van der Waals surface area contributed by atoms with Crippen LogP contribution in [0.3, 0.4) is 0 Å². The highest BCUT2D eigenvalue weighted by Crippen LogP contribution is 2.59. The number of ether oxygens (including phenoxy) is 1. The quantitative estimate of drug-likeness (QED) is 0.769. The molecule has 2 aliphatic heterocycles. The minimum Gasteiger partial charge on any atom is -0.447 e. The zero-order chi connectivity index (χ0) is 19.2. The molecular formula is C19H24N4O4. The molecule has 3 atom stereocenters. The molecule has 1 aromatic carbocycles. The van der Waals surface area contributed by atoms with Gasteiger partial charge in [0.2, 0.25) is 11.8 Å². The Kier molecular flexibility index (Phi) is 4.30. The Balaban J connectivity index is 1.49. The molecule has 1 aliphatic carbocycles. The van der Waals surface area contributed by atoms with Crippen molar-refractivity contribution in [2.75, 3.05) is 37.7 Å². The second-order valence-corrected chi connectivity index (χ2v) is 7.62. The van der Waals surface area contributed by atoms with Gasteiger partial charge < -0.3 is 20.7 Å². The van der Waals surface area contributed by atoms with Crippen LogP contribution in [-0.4, -0.2) is 61.6 Å². The molecule has 0 aromatic heterocycles. The molecule has 0 bridgehead atoms. The van der Waals surface area contributed by atoms with Gasteiger partial charge in [-0.3, -0.25) is 14.5 Å². The summed E-state index contributed by atoms with van der Waals surface area (Å²) >= 11 is 0. The lowest BCUT2D eigenvalue weighted by Gasteiger charge is -2.23. The zero-order valence-electron chi connectivity index (χ0n) is 15.3. The average Bonchev–Trinajstić information content (AvgIpc) is 3.04. The van der Waals surface area contributed by atoms with E-state index in [-0.39, 0.29) is 36.4 Å². The summed E-state index contributed by atoms with van der Waals surface area (Å²) < 4.78 is 5.16. The van der Waals surface area contributed by atoms with E-state index in [0.29, 0.717) is 19.0 Å². The minimum atomic E-state index is -0.402.